The van der Waals surface area contributed by atoms with Crippen LogP contribution in [0.15, 0.2) is 47.6 Å². The fourth-order valence-corrected chi connectivity index (χ4v) is 2.27. The molecule has 0 heterocycles. The molecule has 0 aliphatic heterocycles. The van der Waals surface area contributed by atoms with Crippen molar-refractivity contribution in [3.63, 3.8) is 0 Å². The van der Waals surface area contributed by atoms with Crippen LogP contribution in [0.2, 0.25) is 5.02 Å². The Bertz CT molecular complexity index is 721. The number of urea groups is 1. The number of hydrogen-bond donors (Lipinski definition) is 2. The molecule has 6 nitrogen and oxygen atoms in total. The zero-order chi connectivity index (χ0) is 17.4. The fourth-order valence-electron chi connectivity index (χ4n) is 1.97. The van der Waals surface area contributed by atoms with Gasteiger partial charge in [0.2, 0.25) is 0 Å². The zero-order valence-electron chi connectivity index (χ0n) is 13.4. The van der Waals surface area contributed by atoms with Gasteiger partial charge >= 0.3 is 6.03 Å². The maximum absolute atomic E-state index is 11.7. The molecule has 0 radical (unpaired) electrons. The van der Waals surface area contributed by atoms with E-state index in [4.69, 9.17) is 21.1 Å². The summed E-state index contributed by atoms with van der Waals surface area (Å²) in [4.78, 5) is 11.7. The van der Waals surface area contributed by atoms with Crippen molar-refractivity contribution in [1.82, 2.24) is 5.43 Å². The van der Waals surface area contributed by atoms with Crippen LogP contribution in [0.1, 0.15) is 12.5 Å². The minimum atomic E-state index is -0.443. The van der Waals surface area contributed by atoms with Gasteiger partial charge in [0.15, 0.2) is 11.5 Å². The Morgan fingerprint density at radius 3 is 2.71 bits per heavy atom. The van der Waals surface area contributed by atoms with Crippen LogP contribution in [0.5, 0.6) is 11.5 Å². The summed E-state index contributed by atoms with van der Waals surface area (Å²) < 4.78 is 10.7. The Kier molecular flexibility index (Phi) is 6.45. The molecule has 2 aromatic carbocycles. The van der Waals surface area contributed by atoms with Gasteiger partial charge in [0.05, 0.1) is 25.0 Å². The first-order valence-corrected chi connectivity index (χ1v) is 7.67. The van der Waals surface area contributed by atoms with Crippen molar-refractivity contribution in [3.05, 3.63) is 53.1 Å². The minimum absolute atomic E-state index is 0.402. The molecule has 2 amide bonds. The number of hydrazone groups is 1. The molecule has 7 heteroatoms. The van der Waals surface area contributed by atoms with Gasteiger partial charge in [-0.25, -0.2) is 10.2 Å². The monoisotopic (exact) mass is 347 g/mol. The fraction of sp³-hybridized carbons (Fsp3) is 0.176. The van der Waals surface area contributed by atoms with Gasteiger partial charge in [-0.15, -0.1) is 0 Å². The average molecular weight is 348 g/mol. The number of nitrogens with zero attached hydrogens (tertiary/aromatic N) is 1. The van der Waals surface area contributed by atoms with E-state index in [2.05, 4.69) is 15.8 Å². The molecule has 0 atom stereocenters. The Labute approximate surface area is 145 Å². The summed E-state index contributed by atoms with van der Waals surface area (Å²) in [6.45, 7) is 2.34. The highest BCUT2D eigenvalue weighted by Gasteiger charge is 2.10. The van der Waals surface area contributed by atoms with Crippen LogP contribution in [-0.2, 0) is 0 Å². The number of amides is 2. The SMILES string of the molecule is CCOc1cc(/C=N\NC(=O)Nc2ccccc2)cc(Cl)c1OC. The van der Waals surface area contributed by atoms with Crippen LogP contribution in [0.25, 0.3) is 0 Å². The van der Waals surface area contributed by atoms with Gasteiger partial charge in [0.1, 0.15) is 0 Å². The molecular formula is C17H18ClN3O3. The number of benzene rings is 2. The lowest BCUT2D eigenvalue weighted by Gasteiger charge is -2.11. The summed E-state index contributed by atoms with van der Waals surface area (Å²) in [7, 11) is 1.52. The minimum Gasteiger partial charge on any atom is -0.491 e. The lowest BCUT2D eigenvalue weighted by Crippen LogP contribution is -2.24. The molecule has 0 aromatic heterocycles. The number of methoxy groups -OCH3 is 1. The van der Waals surface area contributed by atoms with Gasteiger partial charge in [0, 0.05) is 5.69 Å². The number of rotatable bonds is 6. The molecule has 0 fully saturated rings. The van der Waals surface area contributed by atoms with E-state index in [1.54, 1.807) is 24.3 Å². The van der Waals surface area contributed by atoms with Crippen LogP contribution in [0.4, 0.5) is 10.5 Å². The third-order valence-corrected chi connectivity index (χ3v) is 3.23. The van der Waals surface area contributed by atoms with E-state index >= 15 is 0 Å². The third-order valence-electron chi connectivity index (χ3n) is 2.95. The molecule has 2 N–H and O–H groups in total. The number of anilines is 1. The second-order valence-corrected chi connectivity index (χ2v) is 5.06. The quantitative estimate of drug-likeness (QED) is 0.615. The van der Waals surface area contributed by atoms with E-state index < -0.39 is 6.03 Å². The van der Waals surface area contributed by atoms with Gasteiger partial charge in [0.25, 0.3) is 0 Å². The van der Waals surface area contributed by atoms with Gasteiger partial charge in [-0.1, -0.05) is 29.8 Å². The van der Waals surface area contributed by atoms with Crippen LogP contribution >= 0.6 is 11.6 Å². The molecule has 0 aliphatic rings. The summed E-state index contributed by atoms with van der Waals surface area (Å²) >= 11 is 6.15. The van der Waals surface area contributed by atoms with Crippen LogP contribution < -0.4 is 20.2 Å². The van der Waals surface area contributed by atoms with Crippen LogP contribution in [0.3, 0.4) is 0 Å². The molecule has 0 spiro atoms. The second-order valence-electron chi connectivity index (χ2n) is 4.66. The average Bonchev–Trinajstić information content (AvgIpc) is 2.56. The summed E-state index contributed by atoms with van der Waals surface area (Å²) in [6.07, 6.45) is 1.47. The highest BCUT2D eigenvalue weighted by molar-refractivity contribution is 6.32. The number of nitrogens with one attached hydrogen (secondary N) is 2. The van der Waals surface area contributed by atoms with Crippen molar-refractivity contribution < 1.29 is 14.3 Å². The van der Waals surface area contributed by atoms with E-state index in [0.29, 0.717) is 34.4 Å². The Hall–Kier alpha value is -2.73. The van der Waals surface area contributed by atoms with Gasteiger partial charge in [-0.2, -0.15) is 5.10 Å². The van der Waals surface area contributed by atoms with E-state index in [0.717, 1.165) is 0 Å². The van der Waals surface area contributed by atoms with Crippen molar-refractivity contribution in [2.45, 2.75) is 6.92 Å². The van der Waals surface area contributed by atoms with E-state index in [-0.39, 0.29) is 0 Å². The topological polar surface area (TPSA) is 72.0 Å². The second kappa shape index (κ2) is 8.79. The smallest absolute Gasteiger partial charge is 0.339 e. The summed E-state index contributed by atoms with van der Waals surface area (Å²) in [6, 6.07) is 12.0. The van der Waals surface area contributed by atoms with Crippen molar-refractivity contribution in [3.8, 4) is 11.5 Å². The predicted octanol–water partition coefficient (Wildman–Crippen LogP) is 3.90. The van der Waals surface area contributed by atoms with Crippen LogP contribution in [0, 0.1) is 0 Å². The van der Waals surface area contributed by atoms with Crippen molar-refractivity contribution in [2.75, 3.05) is 19.0 Å². The summed E-state index contributed by atoms with van der Waals surface area (Å²) in [5, 5.41) is 6.95. The molecule has 126 valence electrons. The lowest BCUT2D eigenvalue weighted by atomic mass is 10.2. The summed E-state index contributed by atoms with van der Waals surface area (Å²) in [5.41, 5.74) is 3.73. The highest BCUT2D eigenvalue weighted by atomic mass is 35.5. The number of carbonyl (C=O) groups is 1. The predicted molar refractivity (Wildman–Crippen MR) is 95.4 cm³/mol. The van der Waals surface area contributed by atoms with Gasteiger partial charge in [-0.3, -0.25) is 0 Å². The number of hydrogen-bond acceptors (Lipinski definition) is 4. The van der Waals surface area contributed by atoms with Crippen molar-refractivity contribution in [2.24, 2.45) is 5.10 Å². The zero-order valence-corrected chi connectivity index (χ0v) is 14.1. The largest absolute Gasteiger partial charge is 0.491 e. The van der Waals surface area contributed by atoms with Gasteiger partial charge in [-0.05, 0) is 36.8 Å². The number of carbonyl (C=O) groups excluding carboxylic acids is 1. The van der Waals surface area contributed by atoms with Gasteiger partial charge < -0.3 is 14.8 Å². The first-order chi connectivity index (χ1) is 11.6. The Morgan fingerprint density at radius 2 is 2.04 bits per heavy atom. The third kappa shape index (κ3) is 4.89. The lowest BCUT2D eigenvalue weighted by molar-refractivity contribution is 0.252. The standard InChI is InChI=1S/C17H18ClN3O3/c1-3-24-15-10-12(9-14(18)16(15)23-2)11-19-21-17(22)20-13-7-5-4-6-8-13/h4-11H,3H2,1-2H3,(H2,20,21,22)/b19-11-. The molecule has 0 saturated carbocycles. The highest BCUT2D eigenvalue weighted by Crippen LogP contribution is 2.35. The molecule has 0 unspecified atom stereocenters. The Balaban J connectivity index is 2.02. The molecule has 24 heavy (non-hydrogen) atoms. The normalized spacial score (nSPS) is 10.5. The van der Waals surface area contributed by atoms with Crippen LogP contribution in [-0.4, -0.2) is 26.0 Å². The van der Waals surface area contributed by atoms with Crippen molar-refractivity contribution >= 4 is 29.5 Å². The number of ether oxygens (including phenoxy) is 2. The summed E-state index contributed by atoms with van der Waals surface area (Å²) in [5.74, 6) is 0.980. The maximum atomic E-state index is 11.7. The molecule has 0 aliphatic carbocycles. The van der Waals surface area contributed by atoms with E-state index in [1.165, 1.54) is 13.3 Å². The van der Waals surface area contributed by atoms with Crippen molar-refractivity contribution in [1.29, 1.82) is 0 Å². The Morgan fingerprint density at radius 1 is 1.29 bits per heavy atom. The number of para-hydroxylation sites is 1. The first-order valence-electron chi connectivity index (χ1n) is 7.29. The van der Waals surface area contributed by atoms with E-state index in [9.17, 15) is 4.79 Å². The molecule has 0 saturated heterocycles. The first kappa shape index (κ1) is 17.6. The van der Waals surface area contributed by atoms with E-state index in [1.807, 2.05) is 25.1 Å². The molecular weight excluding hydrogens is 330 g/mol. The maximum Gasteiger partial charge on any atom is 0.339 e. The molecule has 2 aromatic rings. The number of halogens is 1. The molecule has 2 rings (SSSR count). The molecule has 0 bridgehead atoms.